The van der Waals surface area contributed by atoms with Crippen molar-refractivity contribution in [3.05, 3.63) is 72.1 Å². The molecule has 2 N–H and O–H groups in total. The highest BCUT2D eigenvalue weighted by Gasteiger charge is 2.07. The molecule has 0 aliphatic rings. The first-order chi connectivity index (χ1) is 15.1. The molecule has 172 valence electrons. The molecule has 0 bridgehead atoms. The maximum atomic E-state index is 5.78. The molecule has 0 saturated carbocycles. The molecule has 0 aliphatic carbocycles. The summed E-state index contributed by atoms with van der Waals surface area (Å²) in [5, 5.41) is 6.58. The lowest BCUT2D eigenvalue weighted by molar-refractivity contribution is 0.281. The Morgan fingerprint density at radius 2 is 1.75 bits per heavy atom. The number of hydrogen-bond donors (Lipinski definition) is 2. The number of halogens is 1. The minimum Gasteiger partial charge on any atom is -0.494 e. The molecule has 0 amide bonds. The van der Waals surface area contributed by atoms with Crippen molar-refractivity contribution in [1.82, 2.24) is 20.5 Å². The zero-order valence-corrected chi connectivity index (χ0v) is 21.2. The number of aliphatic imine (C=N–C) groups is 1. The Labute approximate surface area is 207 Å². The Kier molecular flexibility index (Phi) is 11.0. The average molecular weight is 549 g/mol. The molecule has 1 heterocycles. The summed E-state index contributed by atoms with van der Waals surface area (Å²) >= 11 is 0. The lowest BCUT2D eigenvalue weighted by Gasteiger charge is -2.12. The highest BCUT2D eigenvalue weighted by molar-refractivity contribution is 14.0. The van der Waals surface area contributed by atoms with E-state index in [1.807, 2.05) is 42.5 Å². The second kappa shape index (κ2) is 13.7. The number of nitrogens with zero attached hydrogens (tertiary/aromatic N) is 3. The van der Waals surface area contributed by atoms with Crippen LogP contribution in [0.1, 0.15) is 17.7 Å². The van der Waals surface area contributed by atoms with Crippen LogP contribution in [0.5, 0.6) is 5.75 Å². The van der Waals surface area contributed by atoms with E-state index < -0.39 is 0 Å². The fraction of sp³-hybridized carbons (Fsp3) is 0.333. The molecule has 3 rings (SSSR count). The quantitative estimate of drug-likeness (QED) is 0.171. The third-order valence-electron chi connectivity index (χ3n) is 4.63. The minimum absolute atomic E-state index is 0. The van der Waals surface area contributed by atoms with Gasteiger partial charge in [-0.1, -0.05) is 30.3 Å². The molecule has 0 unspecified atom stereocenters. The Balaban J connectivity index is 0.00000363. The van der Waals surface area contributed by atoms with E-state index in [9.17, 15) is 0 Å². The van der Waals surface area contributed by atoms with Crippen molar-refractivity contribution in [1.29, 1.82) is 0 Å². The van der Waals surface area contributed by atoms with E-state index in [1.54, 1.807) is 13.3 Å². The molecule has 8 heteroatoms. The molecule has 0 aliphatic heterocycles. The molecular weight excluding hydrogens is 517 g/mol. The van der Waals surface area contributed by atoms with E-state index in [0.717, 1.165) is 42.1 Å². The van der Waals surface area contributed by atoms with Gasteiger partial charge in [0.1, 0.15) is 12.0 Å². The van der Waals surface area contributed by atoms with Crippen molar-refractivity contribution in [2.75, 3.05) is 34.3 Å². The predicted molar refractivity (Wildman–Crippen MR) is 140 cm³/mol. The summed E-state index contributed by atoms with van der Waals surface area (Å²) in [6.07, 6.45) is 2.68. The molecule has 0 fully saturated rings. The van der Waals surface area contributed by atoms with Crippen LogP contribution in [0.4, 0.5) is 0 Å². The van der Waals surface area contributed by atoms with Crippen LogP contribution >= 0.6 is 24.0 Å². The van der Waals surface area contributed by atoms with Crippen LogP contribution in [-0.2, 0) is 13.1 Å². The van der Waals surface area contributed by atoms with Crippen LogP contribution < -0.4 is 15.4 Å². The Hall–Kier alpha value is -2.59. The fourth-order valence-electron chi connectivity index (χ4n) is 2.96. The number of aromatic nitrogens is 1. The highest BCUT2D eigenvalue weighted by Crippen LogP contribution is 2.17. The van der Waals surface area contributed by atoms with E-state index in [2.05, 4.69) is 51.7 Å². The molecule has 0 atom stereocenters. The van der Waals surface area contributed by atoms with Gasteiger partial charge >= 0.3 is 0 Å². The van der Waals surface area contributed by atoms with Crippen LogP contribution in [-0.4, -0.2) is 50.1 Å². The number of nitrogens with one attached hydrogen (secondary N) is 2. The molecule has 2 aromatic carbocycles. The number of oxazole rings is 1. The molecule has 0 spiro atoms. The second-order valence-electron chi connectivity index (χ2n) is 7.44. The Bertz CT molecular complexity index is 943. The van der Waals surface area contributed by atoms with E-state index >= 15 is 0 Å². The summed E-state index contributed by atoms with van der Waals surface area (Å²) < 4.78 is 11.4. The van der Waals surface area contributed by atoms with Gasteiger partial charge in [0.15, 0.2) is 5.96 Å². The van der Waals surface area contributed by atoms with E-state index in [-0.39, 0.29) is 24.0 Å². The predicted octanol–water partition coefficient (Wildman–Crippen LogP) is 4.16. The van der Waals surface area contributed by atoms with Gasteiger partial charge in [-0.3, -0.25) is 4.99 Å². The number of guanidine groups is 1. The van der Waals surface area contributed by atoms with Crippen molar-refractivity contribution in [2.45, 2.75) is 19.5 Å². The largest absolute Gasteiger partial charge is 0.494 e. The normalized spacial score (nSPS) is 11.2. The minimum atomic E-state index is 0. The van der Waals surface area contributed by atoms with Crippen molar-refractivity contribution >= 4 is 29.9 Å². The summed E-state index contributed by atoms with van der Waals surface area (Å²) in [5.41, 5.74) is 2.93. The summed E-state index contributed by atoms with van der Waals surface area (Å²) in [6.45, 7) is 2.93. The van der Waals surface area contributed by atoms with E-state index in [4.69, 9.17) is 9.15 Å². The summed E-state index contributed by atoms with van der Waals surface area (Å²) in [5.74, 6) is 2.21. The summed E-state index contributed by atoms with van der Waals surface area (Å²) in [7, 11) is 5.88. The first-order valence-electron chi connectivity index (χ1n) is 10.4. The standard InChI is InChI=1S/C24H31N5O2.HI/c1-25-24(27-17-21-18-31-23(28-21)20-8-5-4-6-9-20)26-16-19-10-12-22(13-11-19)30-15-7-14-29(2)3;/h4-6,8-13,18H,7,14-17H2,1-3H3,(H2,25,26,27);1H. The van der Waals surface area contributed by atoms with Crippen LogP contribution in [0.25, 0.3) is 11.5 Å². The summed E-state index contributed by atoms with van der Waals surface area (Å²) in [4.78, 5) is 11.0. The van der Waals surface area contributed by atoms with E-state index in [0.29, 0.717) is 24.9 Å². The fourth-order valence-corrected chi connectivity index (χ4v) is 2.96. The van der Waals surface area contributed by atoms with Gasteiger partial charge in [-0.25, -0.2) is 4.98 Å². The van der Waals surface area contributed by atoms with Gasteiger partial charge in [0.05, 0.1) is 18.8 Å². The molecule has 7 nitrogen and oxygen atoms in total. The molecule has 0 radical (unpaired) electrons. The lowest BCUT2D eigenvalue weighted by Crippen LogP contribution is -2.36. The van der Waals surface area contributed by atoms with Crippen LogP contribution in [0.15, 0.2) is 70.3 Å². The monoisotopic (exact) mass is 549 g/mol. The van der Waals surface area contributed by atoms with Crippen LogP contribution in [0.2, 0.25) is 0 Å². The van der Waals surface area contributed by atoms with Crippen LogP contribution in [0, 0.1) is 0 Å². The molecule has 0 saturated heterocycles. The number of benzene rings is 2. The highest BCUT2D eigenvalue weighted by atomic mass is 127. The number of ether oxygens (including phenoxy) is 1. The van der Waals surface area contributed by atoms with Crippen molar-refractivity contribution in [3.8, 4) is 17.2 Å². The molecule has 32 heavy (non-hydrogen) atoms. The van der Waals surface area contributed by atoms with Gasteiger partial charge in [-0.15, -0.1) is 24.0 Å². The van der Waals surface area contributed by atoms with Gasteiger partial charge < -0.3 is 24.7 Å². The Morgan fingerprint density at radius 1 is 1.03 bits per heavy atom. The van der Waals surface area contributed by atoms with Gasteiger partial charge in [-0.05, 0) is 50.3 Å². The lowest BCUT2D eigenvalue weighted by atomic mass is 10.2. The number of rotatable bonds is 10. The second-order valence-corrected chi connectivity index (χ2v) is 7.44. The molecule has 3 aromatic rings. The molecule has 1 aromatic heterocycles. The molecular formula is C24H32IN5O2. The van der Waals surface area contributed by atoms with Crippen molar-refractivity contribution in [2.24, 2.45) is 4.99 Å². The smallest absolute Gasteiger partial charge is 0.226 e. The van der Waals surface area contributed by atoms with E-state index in [1.165, 1.54) is 0 Å². The first kappa shape index (κ1) is 25.7. The van der Waals surface area contributed by atoms with Crippen molar-refractivity contribution < 1.29 is 9.15 Å². The average Bonchev–Trinajstić information content (AvgIpc) is 3.27. The Morgan fingerprint density at radius 3 is 2.44 bits per heavy atom. The van der Waals surface area contributed by atoms with Crippen molar-refractivity contribution in [3.63, 3.8) is 0 Å². The van der Waals surface area contributed by atoms with Gasteiger partial charge in [0.25, 0.3) is 0 Å². The van der Waals surface area contributed by atoms with Gasteiger partial charge in [0.2, 0.25) is 5.89 Å². The summed E-state index contributed by atoms with van der Waals surface area (Å²) in [6, 6.07) is 18.0. The van der Waals surface area contributed by atoms with Crippen LogP contribution in [0.3, 0.4) is 0 Å². The maximum absolute atomic E-state index is 5.78. The SMILES string of the molecule is CN=C(NCc1ccc(OCCCN(C)C)cc1)NCc1coc(-c2ccccc2)n1.I. The van der Waals surface area contributed by atoms with Gasteiger partial charge in [0, 0.05) is 25.7 Å². The maximum Gasteiger partial charge on any atom is 0.226 e. The first-order valence-corrected chi connectivity index (χ1v) is 10.4. The van der Waals surface area contributed by atoms with Gasteiger partial charge in [-0.2, -0.15) is 0 Å². The zero-order chi connectivity index (χ0) is 21.9. The zero-order valence-electron chi connectivity index (χ0n) is 18.9. The number of hydrogen-bond acceptors (Lipinski definition) is 5. The third kappa shape index (κ3) is 8.51. The topological polar surface area (TPSA) is 74.9 Å². The third-order valence-corrected chi connectivity index (χ3v) is 4.63.